The normalized spacial score (nSPS) is 15.7. The molecule has 0 aliphatic rings. The van der Waals surface area contributed by atoms with Gasteiger partial charge in [-0.05, 0) is 31.7 Å². The van der Waals surface area contributed by atoms with Crippen molar-refractivity contribution in [2.24, 2.45) is 11.7 Å². The number of rotatable bonds is 12. The van der Waals surface area contributed by atoms with E-state index in [1.807, 2.05) is 19.9 Å². The highest BCUT2D eigenvalue weighted by Crippen LogP contribution is 2.07. The summed E-state index contributed by atoms with van der Waals surface area (Å²) >= 11 is 0. The van der Waals surface area contributed by atoms with E-state index >= 15 is 0 Å². The number of hydrogen-bond donors (Lipinski definition) is 6. The van der Waals surface area contributed by atoms with Gasteiger partial charge in [-0.25, -0.2) is 4.79 Å². The molecule has 5 atom stereocenters. The van der Waals surface area contributed by atoms with Crippen LogP contribution < -0.4 is 21.7 Å². The fourth-order valence-electron chi connectivity index (χ4n) is 3.00. The number of carbonyl (C=O) groups is 4. The third-order valence-electron chi connectivity index (χ3n) is 4.78. The van der Waals surface area contributed by atoms with Crippen LogP contribution in [0.5, 0.6) is 0 Å². The summed E-state index contributed by atoms with van der Waals surface area (Å²) in [4.78, 5) is 48.9. The van der Waals surface area contributed by atoms with Gasteiger partial charge >= 0.3 is 5.97 Å². The SMILES string of the molecule is CC(C)CC(N)C(=O)NC(Cc1ccccc1)C(=O)NC(C)C(=O)NC(C(=O)O)C(C)O. The minimum Gasteiger partial charge on any atom is -0.480 e. The molecule has 178 valence electrons. The molecule has 0 radical (unpaired) electrons. The largest absolute Gasteiger partial charge is 0.480 e. The summed E-state index contributed by atoms with van der Waals surface area (Å²) in [6.07, 6.45) is -0.709. The first-order valence-corrected chi connectivity index (χ1v) is 10.5. The fourth-order valence-corrected chi connectivity index (χ4v) is 3.00. The van der Waals surface area contributed by atoms with E-state index in [0.717, 1.165) is 5.56 Å². The summed E-state index contributed by atoms with van der Waals surface area (Å²) in [5.41, 5.74) is 6.73. The molecule has 7 N–H and O–H groups in total. The predicted molar refractivity (Wildman–Crippen MR) is 118 cm³/mol. The van der Waals surface area contributed by atoms with Crippen molar-refractivity contribution in [2.75, 3.05) is 0 Å². The van der Waals surface area contributed by atoms with E-state index in [1.165, 1.54) is 13.8 Å². The number of amides is 3. The average molecular weight is 451 g/mol. The van der Waals surface area contributed by atoms with Crippen LogP contribution in [-0.2, 0) is 25.6 Å². The van der Waals surface area contributed by atoms with Crippen molar-refractivity contribution in [1.82, 2.24) is 16.0 Å². The minimum atomic E-state index is -1.52. The summed E-state index contributed by atoms with van der Waals surface area (Å²) in [7, 11) is 0. The fraction of sp³-hybridized carbons (Fsp3) is 0.545. The van der Waals surface area contributed by atoms with E-state index in [0.29, 0.717) is 6.42 Å². The van der Waals surface area contributed by atoms with E-state index in [9.17, 15) is 24.3 Å². The second kappa shape index (κ2) is 12.8. The Labute approximate surface area is 187 Å². The third-order valence-corrected chi connectivity index (χ3v) is 4.78. The summed E-state index contributed by atoms with van der Waals surface area (Å²) < 4.78 is 0. The van der Waals surface area contributed by atoms with Crippen molar-refractivity contribution in [1.29, 1.82) is 0 Å². The monoisotopic (exact) mass is 450 g/mol. The molecule has 1 aromatic rings. The summed E-state index contributed by atoms with van der Waals surface area (Å²) in [6, 6.07) is 4.62. The number of hydrogen-bond acceptors (Lipinski definition) is 6. The number of carboxylic acids is 1. The van der Waals surface area contributed by atoms with Gasteiger partial charge in [0.25, 0.3) is 0 Å². The molecule has 10 heteroatoms. The van der Waals surface area contributed by atoms with Crippen molar-refractivity contribution in [3.63, 3.8) is 0 Å². The second-order valence-electron chi connectivity index (χ2n) is 8.28. The van der Waals surface area contributed by atoms with Crippen molar-refractivity contribution in [3.8, 4) is 0 Å². The smallest absolute Gasteiger partial charge is 0.328 e. The van der Waals surface area contributed by atoms with Crippen LogP contribution in [0.15, 0.2) is 30.3 Å². The second-order valence-corrected chi connectivity index (χ2v) is 8.28. The van der Waals surface area contributed by atoms with Gasteiger partial charge in [-0.2, -0.15) is 0 Å². The highest BCUT2D eigenvalue weighted by Gasteiger charge is 2.30. The molecule has 3 amide bonds. The number of nitrogens with one attached hydrogen (secondary N) is 3. The van der Waals surface area contributed by atoms with Crippen molar-refractivity contribution >= 4 is 23.7 Å². The number of aliphatic carboxylic acids is 1. The highest BCUT2D eigenvalue weighted by atomic mass is 16.4. The molecule has 0 heterocycles. The number of carbonyl (C=O) groups excluding carboxylic acids is 3. The topological polar surface area (TPSA) is 171 Å². The minimum absolute atomic E-state index is 0.173. The highest BCUT2D eigenvalue weighted by molar-refractivity contribution is 5.94. The van der Waals surface area contributed by atoms with E-state index in [-0.39, 0.29) is 12.3 Å². The van der Waals surface area contributed by atoms with Gasteiger partial charge in [0.2, 0.25) is 17.7 Å². The molecule has 0 spiro atoms. The number of carboxylic acid groups (broad SMARTS) is 1. The van der Waals surface area contributed by atoms with Gasteiger partial charge in [0.15, 0.2) is 6.04 Å². The molecule has 0 aliphatic heterocycles. The van der Waals surface area contributed by atoms with Crippen molar-refractivity contribution < 1.29 is 29.4 Å². The van der Waals surface area contributed by atoms with Crippen LogP contribution in [0.25, 0.3) is 0 Å². The molecule has 1 rings (SSSR count). The first-order valence-electron chi connectivity index (χ1n) is 10.5. The Morgan fingerprint density at radius 3 is 2.00 bits per heavy atom. The van der Waals surface area contributed by atoms with Crippen molar-refractivity contribution in [3.05, 3.63) is 35.9 Å². The maximum Gasteiger partial charge on any atom is 0.328 e. The zero-order valence-electron chi connectivity index (χ0n) is 18.9. The lowest BCUT2D eigenvalue weighted by atomic mass is 10.0. The summed E-state index contributed by atoms with van der Waals surface area (Å²) in [5.74, 6) is -3.09. The molecule has 5 unspecified atom stereocenters. The predicted octanol–water partition coefficient (Wildman–Crippen LogP) is -0.458. The zero-order chi connectivity index (χ0) is 24.4. The van der Waals surface area contributed by atoms with Crippen molar-refractivity contribution in [2.45, 2.75) is 70.8 Å². The van der Waals surface area contributed by atoms with E-state index in [1.54, 1.807) is 24.3 Å². The number of benzene rings is 1. The van der Waals surface area contributed by atoms with Gasteiger partial charge in [0, 0.05) is 6.42 Å². The first kappa shape index (κ1) is 27.1. The van der Waals surface area contributed by atoms with Crippen LogP contribution in [0, 0.1) is 5.92 Å². The van der Waals surface area contributed by atoms with E-state index in [2.05, 4.69) is 16.0 Å². The molecule has 0 aliphatic carbocycles. The molecule has 0 saturated heterocycles. The van der Waals surface area contributed by atoms with E-state index < -0.39 is 54.0 Å². The van der Waals surface area contributed by atoms with Gasteiger partial charge in [-0.15, -0.1) is 0 Å². The third kappa shape index (κ3) is 9.03. The molecule has 32 heavy (non-hydrogen) atoms. The summed E-state index contributed by atoms with van der Waals surface area (Å²) in [6.45, 7) is 6.46. The Kier molecular flexibility index (Phi) is 10.8. The average Bonchev–Trinajstić information content (AvgIpc) is 2.70. The Bertz CT molecular complexity index is 784. The maximum absolute atomic E-state index is 12.9. The van der Waals surface area contributed by atoms with Gasteiger partial charge in [-0.3, -0.25) is 14.4 Å². The molecule has 0 aromatic heterocycles. The summed E-state index contributed by atoms with van der Waals surface area (Å²) in [5, 5.41) is 25.9. The molecule has 0 bridgehead atoms. The zero-order valence-corrected chi connectivity index (χ0v) is 18.9. The van der Waals surface area contributed by atoms with Crippen LogP contribution in [0.4, 0.5) is 0 Å². The number of aliphatic hydroxyl groups excluding tert-OH is 1. The van der Waals surface area contributed by atoms with Crippen LogP contribution >= 0.6 is 0 Å². The van der Waals surface area contributed by atoms with Crippen LogP contribution in [-0.4, -0.2) is 64.2 Å². The Balaban J connectivity index is 2.90. The lowest BCUT2D eigenvalue weighted by Crippen LogP contribution is -2.58. The van der Waals surface area contributed by atoms with Crippen LogP contribution in [0.3, 0.4) is 0 Å². The molecule has 10 nitrogen and oxygen atoms in total. The maximum atomic E-state index is 12.9. The number of nitrogens with two attached hydrogens (primary N) is 1. The first-order chi connectivity index (χ1) is 14.9. The lowest BCUT2D eigenvalue weighted by molar-refractivity contribution is -0.145. The van der Waals surface area contributed by atoms with Gasteiger partial charge in [0.1, 0.15) is 12.1 Å². The number of aliphatic hydroxyl groups is 1. The molecule has 0 saturated carbocycles. The van der Waals surface area contributed by atoms with Gasteiger partial charge in [-0.1, -0.05) is 44.2 Å². The Morgan fingerprint density at radius 2 is 1.50 bits per heavy atom. The standard InChI is InChI=1S/C22H34N4O6/c1-12(2)10-16(23)20(29)25-17(11-15-8-6-5-7-9-15)21(30)24-13(3)19(28)26-18(14(4)27)22(31)32/h5-9,12-14,16-18,27H,10-11,23H2,1-4H3,(H,24,30)(H,25,29)(H,26,28)(H,31,32). The van der Waals surface area contributed by atoms with Gasteiger partial charge < -0.3 is 31.9 Å². The quantitative estimate of drug-likeness (QED) is 0.250. The Morgan fingerprint density at radius 1 is 0.906 bits per heavy atom. The molecular formula is C22H34N4O6. The Hall–Kier alpha value is -2.98. The van der Waals surface area contributed by atoms with Crippen LogP contribution in [0.1, 0.15) is 39.7 Å². The molecule has 1 aromatic carbocycles. The molecule has 0 fully saturated rings. The molecular weight excluding hydrogens is 416 g/mol. The van der Waals surface area contributed by atoms with Gasteiger partial charge in [0.05, 0.1) is 12.1 Å². The lowest BCUT2D eigenvalue weighted by Gasteiger charge is -2.24. The van der Waals surface area contributed by atoms with E-state index in [4.69, 9.17) is 10.8 Å². The van der Waals surface area contributed by atoms with Crippen LogP contribution in [0.2, 0.25) is 0 Å².